The predicted octanol–water partition coefficient (Wildman–Crippen LogP) is 3.07. The number of benzene rings is 1. The first-order valence-electron chi connectivity index (χ1n) is 6.69. The second-order valence-electron chi connectivity index (χ2n) is 4.93. The first-order chi connectivity index (χ1) is 8.31. The van der Waals surface area contributed by atoms with Crippen molar-refractivity contribution in [3.05, 3.63) is 35.4 Å². The summed E-state index contributed by atoms with van der Waals surface area (Å²) in [5.41, 5.74) is 2.74. The van der Waals surface area contributed by atoms with Gasteiger partial charge in [-0.2, -0.15) is 0 Å². The lowest BCUT2D eigenvalue weighted by atomic mass is 9.88. The molecule has 2 rings (SSSR count). The Balaban J connectivity index is 2.15. The summed E-state index contributed by atoms with van der Waals surface area (Å²) in [6.45, 7) is 7.17. The molecule has 1 aliphatic heterocycles. The molecule has 0 spiro atoms. The van der Waals surface area contributed by atoms with Gasteiger partial charge in [-0.05, 0) is 31.9 Å². The van der Waals surface area contributed by atoms with Gasteiger partial charge < -0.3 is 10.1 Å². The number of nitrogens with one attached hydrogen (secondary N) is 1. The van der Waals surface area contributed by atoms with Crippen LogP contribution in [0, 0.1) is 12.8 Å². The van der Waals surface area contributed by atoms with Crippen molar-refractivity contribution in [3.63, 3.8) is 0 Å². The van der Waals surface area contributed by atoms with Gasteiger partial charge in [-0.1, -0.05) is 36.8 Å². The van der Waals surface area contributed by atoms with Gasteiger partial charge in [-0.15, -0.1) is 0 Å². The highest BCUT2D eigenvalue weighted by atomic mass is 16.5. The summed E-state index contributed by atoms with van der Waals surface area (Å²) in [4.78, 5) is 0. The van der Waals surface area contributed by atoms with Gasteiger partial charge in [0.2, 0.25) is 0 Å². The molecule has 94 valence electrons. The summed E-state index contributed by atoms with van der Waals surface area (Å²) in [7, 11) is 0. The van der Waals surface area contributed by atoms with Crippen molar-refractivity contribution in [3.8, 4) is 0 Å². The molecule has 1 aliphatic rings. The molecular weight excluding hydrogens is 210 g/mol. The number of rotatable bonds is 4. The molecule has 1 aromatic carbocycles. The van der Waals surface area contributed by atoms with Crippen LogP contribution in [-0.4, -0.2) is 19.8 Å². The lowest BCUT2D eigenvalue weighted by Gasteiger charge is -2.31. The first-order valence-corrected chi connectivity index (χ1v) is 6.69. The molecule has 2 heteroatoms. The van der Waals surface area contributed by atoms with E-state index in [1.54, 1.807) is 0 Å². The second-order valence-corrected chi connectivity index (χ2v) is 4.93. The quantitative estimate of drug-likeness (QED) is 0.863. The Morgan fingerprint density at radius 3 is 3.00 bits per heavy atom. The Bertz CT molecular complexity index is 345. The molecule has 1 aromatic rings. The van der Waals surface area contributed by atoms with Gasteiger partial charge in [-0.25, -0.2) is 0 Å². The van der Waals surface area contributed by atoms with E-state index in [1.807, 2.05) is 0 Å². The Morgan fingerprint density at radius 2 is 2.35 bits per heavy atom. The molecule has 0 amide bonds. The van der Waals surface area contributed by atoms with E-state index in [4.69, 9.17) is 4.74 Å². The smallest absolute Gasteiger partial charge is 0.0512 e. The average Bonchev–Trinajstić information content (AvgIpc) is 2.37. The van der Waals surface area contributed by atoms with Crippen molar-refractivity contribution >= 4 is 0 Å². The van der Waals surface area contributed by atoms with Gasteiger partial charge in [0, 0.05) is 18.6 Å². The molecule has 2 unspecified atom stereocenters. The topological polar surface area (TPSA) is 21.3 Å². The summed E-state index contributed by atoms with van der Waals surface area (Å²) in [6.07, 6.45) is 2.46. The summed E-state index contributed by atoms with van der Waals surface area (Å²) in [5, 5.41) is 3.62. The monoisotopic (exact) mass is 233 g/mol. The van der Waals surface area contributed by atoms with E-state index in [1.165, 1.54) is 24.0 Å². The van der Waals surface area contributed by atoms with Crippen molar-refractivity contribution < 1.29 is 4.74 Å². The van der Waals surface area contributed by atoms with Crippen LogP contribution in [0.4, 0.5) is 0 Å². The van der Waals surface area contributed by atoms with E-state index in [9.17, 15) is 0 Å². The normalized spacial score (nSPS) is 22.4. The zero-order chi connectivity index (χ0) is 12.1. The summed E-state index contributed by atoms with van der Waals surface area (Å²) in [5.74, 6) is 0.616. The highest BCUT2D eigenvalue weighted by molar-refractivity contribution is 5.25. The van der Waals surface area contributed by atoms with Crippen molar-refractivity contribution in [2.24, 2.45) is 5.92 Å². The zero-order valence-corrected chi connectivity index (χ0v) is 10.9. The Morgan fingerprint density at radius 1 is 1.47 bits per heavy atom. The maximum atomic E-state index is 5.62. The van der Waals surface area contributed by atoms with E-state index in [2.05, 4.69) is 43.4 Å². The van der Waals surface area contributed by atoms with Crippen molar-refractivity contribution in [2.75, 3.05) is 19.8 Å². The number of ether oxygens (including phenoxy) is 1. The van der Waals surface area contributed by atoms with E-state index in [0.29, 0.717) is 12.0 Å². The van der Waals surface area contributed by atoms with Crippen LogP contribution in [0.25, 0.3) is 0 Å². The molecule has 1 saturated heterocycles. The van der Waals surface area contributed by atoms with Crippen LogP contribution < -0.4 is 5.32 Å². The number of aryl methyl sites for hydroxylation is 1. The molecule has 0 aliphatic carbocycles. The zero-order valence-electron chi connectivity index (χ0n) is 10.9. The minimum absolute atomic E-state index is 0.445. The van der Waals surface area contributed by atoms with Crippen LogP contribution in [0.15, 0.2) is 24.3 Å². The van der Waals surface area contributed by atoms with E-state index >= 15 is 0 Å². The highest BCUT2D eigenvalue weighted by Crippen LogP contribution is 2.29. The highest BCUT2D eigenvalue weighted by Gasteiger charge is 2.24. The second kappa shape index (κ2) is 6.18. The van der Waals surface area contributed by atoms with E-state index < -0.39 is 0 Å². The van der Waals surface area contributed by atoms with Crippen LogP contribution in [-0.2, 0) is 4.74 Å². The molecule has 0 radical (unpaired) electrons. The predicted molar refractivity (Wildman–Crippen MR) is 71.1 cm³/mol. The Labute approximate surface area is 104 Å². The number of hydrogen-bond donors (Lipinski definition) is 1. The molecule has 2 nitrogen and oxygen atoms in total. The molecule has 0 saturated carbocycles. The molecule has 17 heavy (non-hydrogen) atoms. The third-order valence-corrected chi connectivity index (χ3v) is 3.49. The first kappa shape index (κ1) is 12.6. The maximum absolute atomic E-state index is 5.62. The molecular formula is C15H23NO. The SMILES string of the molecule is CCNC(c1cccc(C)c1)C1CCCOC1. The molecule has 0 bridgehead atoms. The minimum atomic E-state index is 0.445. The summed E-state index contributed by atoms with van der Waals surface area (Å²) < 4.78 is 5.62. The minimum Gasteiger partial charge on any atom is -0.381 e. The fraction of sp³-hybridized carbons (Fsp3) is 0.600. The Hall–Kier alpha value is -0.860. The lowest BCUT2D eigenvalue weighted by molar-refractivity contribution is 0.0393. The van der Waals surface area contributed by atoms with Gasteiger partial charge in [0.25, 0.3) is 0 Å². The van der Waals surface area contributed by atoms with Gasteiger partial charge >= 0.3 is 0 Å². The summed E-state index contributed by atoms with van der Waals surface area (Å²) >= 11 is 0. The largest absolute Gasteiger partial charge is 0.381 e. The maximum Gasteiger partial charge on any atom is 0.0512 e. The third-order valence-electron chi connectivity index (χ3n) is 3.49. The van der Waals surface area contributed by atoms with Crippen LogP contribution in [0.3, 0.4) is 0 Å². The molecule has 2 atom stereocenters. The third kappa shape index (κ3) is 3.30. The molecule has 1 N–H and O–H groups in total. The van der Waals surface area contributed by atoms with Crippen LogP contribution in [0.2, 0.25) is 0 Å². The van der Waals surface area contributed by atoms with Gasteiger partial charge in [0.15, 0.2) is 0 Å². The standard InChI is InChI=1S/C15H23NO/c1-3-16-15(14-8-5-9-17-11-14)13-7-4-6-12(2)10-13/h4,6-7,10,14-16H,3,5,8-9,11H2,1-2H3. The summed E-state index contributed by atoms with van der Waals surface area (Å²) in [6, 6.07) is 9.28. The number of hydrogen-bond acceptors (Lipinski definition) is 2. The van der Waals surface area contributed by atoms with Gasteiger partial charge in [-0.3, -0.25) is 0 Å². The van der Waals surface area contributed by atoms with Crippen LogP contribution in [0.1, 0.15) is 36.9 Å². The van der Waals surface area contributed by atoms with Crippen LogP contribution >= 0.6 is 0 Å². The van der Waals surface area contributed by atoms with E-state index in [-0.39, 0.29) is 0 Å². The molecule has 1 heterocycles. The fourth-order valence-corrected chi connectivity index (χ4v) is 2.67. The van der Waals surface area contributed by atoms with E-state index in [0.717, 1.165) is 19.8 Å². The molecule has 1 fully saturated rings. The van der Waals surface area contributed by atoms with Gasteiger partial charge in [0.05, 0.1) is 6.61 Å². The molecule has 0 aromatic heterocycles. The van der Waals surface area contributed by atoms with Crippen molar-refractivity contribution in [1.29, 1.82) is 0 Å². The Kier molecular flexibility index (Phi) is 4.57. The van der Waals surface area contributed by atoms with Gasteiger partial charge in [0.1, 0.15) is 0 Å². The fourth-order valence-electron chi connectivity index (χ4n) is 2.67. The van der Waals surface area contributed by atoms with Crippen molar-refractivity contribution in [2.45, 2.75) is 32.7 Å². The average molecular weight is 233 g/mol. The van der Waals surface area contributed by atoms with Crippen molar-refractivity contribution in [1.82, 2.24) is 5.32 Å². The van der Waals surface area contributed by atoms with Crippen LogP contribution in [0.5, 0.6) is 0 Å². The lowest BCUT2D eigenvalue weighted by Crippen LogP contribution is -2.33.